The third kappa shape index (κ3) is 4.62. The molecule has 1 fully saturated rings. The monoisotopic (exact) mass is 522 g/mol. The SMILES string of the molecule is CC1(C)OB(C(=Cc2cnc3cccnn23)CNC(=O)OCC2c3ccccc3-c3ccccc32)OC1(C)C. The second-order valence-electron chi connectivity index (χ2n) is 11.0. The van der Waals surface area contributed by atoms with Gasteiger partial charge in [-0.1, -0.05) is 48.5 Å². The van der Waals surface area contributed by atoms with Gasteiger partial charge in [0, 0.05) is 18.7 Å². The number of hydrogen-bond donors (Lipinski definition) is 1. The predicted molar refractivity (Wildman–Crippen MR) is 150 cm³/mol. The van der Waals surface area contributed by atoms with Crippen molar-refractivity contribution in [3.63, 3.8) is 0 Å². The van der Waals surface area contributed by atoms with Gasteiger partial charge in [0.25, 0.3) is 0 Å². The molecule has 0 atom stereocenters. The summed E-state index contributed by atoms with van der Waals surface area (Å²) in [5.41, 5.74) is 5.87. The molecule has 0 unspecified atom stereocenters. The number of alkyl carbamates (subject to hydrolysis) is 1. The van der Waals surface area contributed by atoms with E-state index in [2.05, 4.69) is 39.7 Å². The van der Waals surface area contributed by atoms with Crippen LogP contribution in [0, 0.1) is 0 Å². The number of hydrogen-bond acceptors (Lipinski definition) is 6. The Hall–Kier alpha value is -3.95. The largest absolute Gasteiger partial charge is 0.492 e. The van der Waals surface area contributed by atoms with Crippen molar-refractivity contribution < 1.29 is 18.8 Å². The Labute approximate surface area is 228 Å². The van der Waals surface area contributed by atoms with Gasteiger partial charge in [0.15, 0.2) is 5.65 Å². The molecule has 1 amide bonds. The fourth-order valence-corrected chi connectivity index (χ4v) is 5.16. The van der Waals surface area contributed by atoms with E-state index in [0.29, 0.717) is 0 Å². The van der Waals surface area contributed by atoms with Gasteiger partial charge in [-0.2, -0.15) is 5.10 Å². The molecule has 9 heteroatoms. The number of aromatic nitrogens is 3. The van der Waals surface area contributed by atoms with Gasteiger partial charge in [-0.25, -0.2) is 14.3 Å². The average Bonchev–Trinajstić information content (AvgIpc) is 3.54. The number of carbonyl (C=O) groups excluding carboxylic acids is 1. The maximum absolute atomic E-state index is 12.9. The molecule has 6 rings (SSSR count). The van der Waals surface area contributed by atoms with Crippen LogP contribution in [0.4, 0.5) is 4.79 Å². The Kier molecular flexibility index (Phi) is 6.28. The van der Waals surface area contributed by atoms with Crippen LogP contribution in [-0.4, -0.2) is 52.2 Å². The maximum atomic E-state index is 12.9. The highest BCUT2D eigenvalue weighted by atomic mass is 16.7. The summed E-state index contributed by atoms with van der Waals surface area (Å²) in [6, 6.07) is 20.3. The van der Waals surface area contributed by atoms with Crippen molar-refractivity contribution in [2.24, 2.45) is 0 Å². The Bertz CT molecular complexity index is 1520. The van der Waals surface area contributed by atoms with Gasteiger partial charge >= 0.3 is 13.2 Å². The number of nitrogens with one attached hydrogen (secondary N) is 1. The first kappa shape index (κ1) is 25.3. The van der Waals surface area contributed by atoms with E-state index in [1.165, 1.54) is 22.3 Å². The van der Waals surface area contributed by atoms with E-state index in [1.54, 1.807) is 16.9 Å². The van der Waals surface area contributed by atoms with Crippen LogP contribution in [0.3, 0.4) is 0 Å². The van der Waals surface area contributed by atoms with E-state index < -0.39 is 24.4 Å². The molecule has 39 heavy (non-hydrogen) atoms. The Balaban J connectivity index is 1.19. The van der Waals surface area contributed by atoms with Crippen molar-refractivity contribution >= 4 is 24.9 Å². The molecule has 1 aliphatic heterocycles. The van der Waals surface area contributed by atoms with Crippen LogP contribution in [0.25, 0.3) is 22.9 Å². The molecule has 0 radical (unpaired) electrons. The number of rotatable bonds is 6. The first-order valence-corrected chi connectivity index (χ1v) is 13.2. The van der Waals surface area contributed by atoms with Crippen LogP contribution in [0.5, 0.6) is 0 Å². The highest BCUT2D eigenvalue weighted by molar-refractivity contribution is 6.56. The molecule has 2 aromatic carbocycles. The molecule has 1 aliphatic carbocycles. The van der Waals surface area contributed by atoms with E-state index >= 15 is 0 Å². The van der Waals surface area contributed by atoms with Crippen LogP contribution in [0.1, 0.15) is 50.4 Å². The van der Waals surface area contributed by atoms with Crippen molar-refractivity contribution in [2.45, 2.75) is 44.8 Å². The fraction of sp³-hybridized carbons (Fsp3) is 0.300. The average molecular weight is 522 g/mol. The number of amides is 1. The third-order valence-corrected chi connectivity index (χ3v) is 7.97. The summed E-state index contributed by atoms with van der Waals surface area (Å²) in [5.74, 6) is -0.00880. The van der Waals surface area contributed by atoms with Gasteiger partial charge in [-0.15, -0.1) is 0 Å². The number of nitrogens with zero attached hydrogens (tertiary/aromatic N) is 3. The molecule has 0 bridgehead atoms. The van der Waals surface area contributed by atoms with Gasteiger partial charge in [-0.3, -0.25) is 0 Å². The summed E-state index contributed by atoms with van der Waals surface area (Å²) in [4.78, 5) is 17.4. The Morgan fingerprint density at radius 1 is 1.00 bits per heavy atom. The van der Waals surface area contributed by atoms with Crippen LogP contribution >= 0.6 is 0 Å². The molecule has 198 valence electrons. The molecular weight excluding hydrogens is 491 g/mol. The van der Waals surface area contributed by atoms with Crippen molar-refractivity contribution in [3.05, 3.63) is 95.4 Å². The molecule has 0 saturated carbocycles. The number of benzene rings is 2. The molecule has 0 spiro atoms. The van der Waals surface area contributed by atoms with Crippen LogP contribution in [0.2, 0.25) is 0 Å². The highest BCUT2D eigenvalue weighted by Crippen LogP contribution is 2.44. The normalized spacial score (nSPS) is 17.7. The van der Waals surface area contributed by atoms with E-state index in [4.69, 9.17) is 14.0 Å². The molecular formula is C30H31BN4O4. The summed E-state index contributed by atoms with van der Waals surface area (Å²) in [6.45, 7) is 8.41. The van der Waals surface area contributed by atoms with Crippen molar-refractivity contribution in [1.82, 2.24) is 19.9 Å². The second-order valence-corrected chi connectivity index (χ2v) is 11.0. The zero-order valence-corrected chi connectivity index (χ0v) is 22.5. The smallest absolute Gasteiger partial charge is 0.449 e. The van der Waals surface area contributed by atoms with Gasteiger partial charge in [0.05, 0.1) is 23.1 Å². The number of imidazole rings is 1. The first-order chi connectivity index (χ1) is 18.7. The van der Waals surface area contributed by atoms with Crippen molar-refractivity contribution in [3.8, 4) is 11.1 Å². The summed E-state index contributed by atoms with van der Waals surface area (Å²) >= 11 is 0. The second kappa shape index (κ2) is 9.66. The molecule has 1 saturated heterocycles. The highest BCUT2D eigenvalue weighted by Gasteiger charge is 2.52. The standard InChI is InChI=1S/C30H31BN4O4/c1-29(2)30(3,4)39-31(38-29)20(16-21-18-32-27-14-9-15-34-35(21)27)17-33-28(36)37-19-26-24-12-7-5-10-22(24)23-11-6-8-13-25(23)26/h5-16,18,26H,17,19H2,1-4H3,(H,33,36). The van der Waals surface area contributed by atoms with Crippen LogP contribution in [0.15, 0.2) is 78.5 Å². The predicted octanol–water partition coefficient (Wildman–Crippen LogP) is 5.28. The van der Waals surface area contributed by atoms with E-state index in [9.17, 15) is 4.79 Å². The quantitative estimate of drug-likeness (QED) is 0.347. The van der Waals surface area contributed by atoms with Gasteiger partial charge in [0.1, 0.15) is 6.61 Å². The van der Waals surface area contributed by atoms with E-state index in [1.807, 2.05) is 70.2 Å². The van der Waals surface area contributed by atoms with Crippen LogP contribution in [-0.2, 0) is 14.0 Å². The molecule has 2 aromatic heterocycles. The molecule has 8 nitrogen and oxygen atoms in total. The maximum Gasteiger partial charge on any atom is 0.492 e. The number of carbonyl (C=O) groups is 1. The van der Waals surface area contributed by atoms with E-state index in [0.717, 1.165) is 16.8 Å². The zero-order valence-electron chi connectivity index (χ0n) is 22.5. The van der Waals surface area contributed by atoms with Crippen LogP contribution < -0.4 is 5.32 Å². The minimum atomic E-state index is -0.654. The zero-order chi connectivity index (χ0) is 27.2. The Morgan fingerprint density at radius 3 is 2.31 bits per heavy atom. The van der Waals surface area contributed by atoms with Gasteiger partial charge < -0.3 is 19.4 Å². The molecule has 1 N–H and O–H groups in total. The third-order valence-electron chi connectivity index (χ3n) is 7.97. The molecule has 2 aliphatic rings. The Morgan fingerprint density at radius 2 is 1.64 bits per heavy atom. The lowest BCUT2D eigenvalue weighted by molar-refractivity contribution is 0.00578. The summed E-state index contributed by atoms with van der Waals surface area (Å²) in [7, 11) is -0.654. The lowest BCUT2D eigenvalue weighted by Crippen LogP contribution is -2.41. The summed E-state index contributed by atoms with van der Waals surface area (Å²) in [5, 5.41) is 7.31. The van der Waals surface area contributed by atoms with Crippen molar-refractivity contribution in [1.29, 1.82) is 0 Å². The minimum Gasteiger partial charge on any atom is -0.449 e. The molecule has 3 heterocycles. The van der Waals surface area contributed by atoms with Gasteiger partial charge in [-0.05, 0) is 73.6 Å². The number of ether oxygens (including phenoxy) is 1. The first-order valence-electron chi connectivity index (χ1n) is 13.2. The summed E-state index contributed by atoms with van der Waals surface area (Å²) in [6.07, 6.45) is 4.84. The molecule has 4 aromatic rings. The van der Waals surface area contributed by atoms with E-state index in [-0.39, 0.29) is 19.1 Å². The topological polar surface area (TPSA) is 87.0 Å². The lowest BCUT2D eigenvalue weighted by Gasteiger charge is -2.32. The van der Waals surface area contributed by atoms with Crippen molar-refractivity contribution in [2.75, 3.05) is 13.2 Å². The minimum absolute atomic E-state index is 0.00880. The van der Waals surface area contributed by atoms with Gasteiger partial charge in [0.2, 0.25) is 0 Å². The lowest BCUT2D eigenvalue weighted by atomic mass is 9.77. The fourth-order valence-electron chi connectivity index (χ4n) is 5.16. The summed E-state index contributed by atoms with van der Waals surface area (Å²) < 4.78 is 20.1. The number of fused-ring (bicyclic) bond motifs is 4.